The quantitative estimate of drug-likeness (QED) is 0.104. The second-order valence-corrected chi connectivity index (χ2v) is 10.8. The van der Waals surface area contributed by atoms with Crippen LogP contribution in [-0.4, -0.2) is 11.9 Å². The standard InChI is InChI=1S/C36H28N6O4S/c37-35(43)29-30(40-36(44)39-25-16-7-2-8-17-25)31(42-41-26-18-9-3-10-19-26)32(38-24-14-5-1-6-15-24)34(46-28-22-13-23-47-28)33(29)45-27-20-11-4-12-21-27/h1-23,38H,(H2,37,43)(H2,39,40,44). The van der Waals surface area contributed by atoms with Gasteiger partial charge in [-0.3, -0.25) is 4.79 Å². The molecule has 0 fully saturated rings. The van der Waals surface area contributed by atoms with E-state index in [1.165, 1.54) is 11.3 Å². The average molecular weight is 641 g/mol. The smallest absolute Gasteiger partial charge is 0.323 e. The van der Waals surface area contributed by atoms with Gasteiger partial charge in [0.25, 0.3) is 5.91 Å². The fourth-order valence-corrected chi connectivity index (χ4v) is 5.13. The van der Waals surface area contributed by atoms with E-state index in [1.54, 1.807) is 66.7 Å². The van der Waals surface area contributed by atoms with Gasteiger partial charge in [-0.1, -0.05) is 72.8 Å². The number of carbonyl (C=O) groups excluding carboxylic acids is 2. The summed E-state index contributed by atoms with van der Waals surface area (Å²) >= 11 is 1.34. The molecule has 0 bridgehead atoms. The summed E-state index contributed by atoms with van der Waals surface area (Å²) in [5.41, 5.74) is 7.91. The molecular formula is C36H28N6O4S. The molecule has 0 aliphatic rings. The molecule has 0 aliphatic carbocycles. The van der Waals surface area contributed by atoms with E-state index in [0.29, 0.717) is 27.9 Å². The minimum atomic E-state index is -0.899. The number of para-hydroxylation sites is 3. The van der Waals surface area contributed by atoms with Crippen LogP contribution in [0.15, 0.2) is 149 Å². The van der Waals surface area contributed by atoms with Gasteiger partial charge in [-0.25, -0.2) is 4.79 Å². The van der Waals surface area contributed by atoms with Crippen molar-refractivity contribution >= 4 is 57.4 Å². The Kier molecular flexibility index (Phi) is 9.46. The number of ether oxygens (including phenoxy) is 2. The third-order valence-electron chi connectivity index (χ3n) is 6.63. The molecule has 1 heterocycles. The third kappa shape index (κ3) is 7.62. The molecule has 1 aromatic heterocycles. The maximum absolute atomic E-state index is 13.5. The molecule has 5 aromatic carbocycles. The number of anilines is 4. The van der Waals surface area contributed by atoms with E-state index in [9.17, 15) is 9.59 Å². The molecule has 47 heavy (non-hydrogen) atoms. The molecule has 6 rings (SSSR count). The van der Waals surface area contributed by atoms with Crippen molar-refractivity contribution in [1.82, 2.24) is 0 Å². The first kappa shape index (κ1) is 30.6. The zero-order valence-electron chi connectivity index (χ0n) is 24.8. The summed E-state index contributed by atoms with van der Waals surface area (Å²) in [5.74, 6) is -0.436. The van der Waals surface area contributed by atoms with Gasteiger partial charge in [-0.15, -0.1) is 16.5 Å². The zero-order chi connectivity index (χ0) is 32.4. The fraction of sp³-hybridized carbons (Fsp3) is 0. The summed E-state index contributed by atoms with van der Waals surface area (Å²) in [5, 5.41) is 20.4. The molecule has 3 amide bonds. The van der Waals surface area contributed by atoms with Crippen LogP contribution in [0.2, 0.25) is 0 Å². The summed E-state index contributed by atoms with van der Waals surface area (Å²) in [6.45, 7) is 0. The summed E-state index contributed by atoms with van der Waals surface area (Å²) in [4.78, 5) is 27.0. The number of hydrogen-bond acceptors (Lipinski definition) is 8. The van der Waals surface area contributed by atoms with E-state index in [-0.39, 0.29) is 34.1 Å². The highest BCUT2D eigenvalue weighted by molar-refractivity contribution is 7.11. The Balaban J connectivity index is 1.63. The van der Waals surface area contributed by atoms with Crippen molar-refractivity contribution in [1.29, 1.82) is 0 Å². The first-order chi connectivity index (χ1) is 23.0. The Morgan fingerprint density at radius 2 is 1.23 bits per heavy atom. The second kappa shape index (κ2) is 14.5. The molecule has 11 heteroatoms. The van der Waals surface area contributed by atoms with Crippen LogP contribution in [0.4, 0.5) is 38.9 Å². The van der Waals surface area contributed by atoms with E-state index in [2.05, 4.69) is 26.2 Å². The number of azo groups is 1. The minimum Gasteiger partial charge on any atom is -0.452 e. The summed E-state index contributed by atoms with van der Waals surface area (Å²) in [6, 6.07) is 39.0. The van der Waals surface area contributed by atoms with Gasteiger partial charge < -0.3 is 31.2 Å². The second-order valence-electron chi connectivity index (χ2n) is 9.92. The van der Waals surface area contributed by atoms with Crippen molar-refractivity contribution in [2.75, 3.05) is 16.0 Å². The number of rotatable bonds is 11. The number of carbonyl (C=O) groups is 2. The SMILES string of the molecule is NC(=O)c1c(NC(=O)Nc2ccccc2)c(N=Nc2ccccc2)c(Nc2ccccc2)c(Oc2cccs2)c1Oc1ccccc1. The highest BCUT2D eigenvalue weighted by atomic mass is 32.1. The predicted molar refractivity (Wildman–Crippen MR) is 185 cm³/mol. The number of thiophene rings is 1. The van der Waals surface area contributed by atoms with Gasteiger partial charge in [-0.05, 0) is 66.0 Å². The van der Waals surface area contributed by atoms with Crippen molar-refractivity contribution < 1.29 is 19.1 Å². The zero-order valence-corrected chi connectivity index (χ0v) is 25.6. The van der Waals surface area contributed by atoms with Gasteiger partial charge in [0.05, 0.1) is 11.4 Å². The van der Waals surface area contributed by atoms with Crippen LogP contribution in [0.5, 0.6) is 22.3 Å². The van der Waals surface area contributed by atoms with Crippen LogP contribution < -0.4 is 31.2 Å². The molecule has 5 N–H and O–H groups in total. The van der Waals surface area contributed by atoms with Gasteiger partial charge in [-0.2, -0.15) is 5.11 Å². The van der Waals surface area contributed by atoms with Crippen LogP contribution >= 0.6 is 11.3 Å². The van der Waals surface area contributed by atoms with Gasteiger partial charge in [0.2, 0.25) is 0 Å². The molecular weight excluding hydrogens is 613 g/mol. The van der Waals surface area contributed by atoms with Gasteiger partial charge in [0, 0.05) is 11.4 Å². The number of benzene rings is 5. The Labute approximate surface area is 274 Å². The van der Waals surface area contributed by atoms with Gasteiger partial charge >= 0.3 is 6.03 Å². The van der Waals surface area contributed by atoms with Gasteiger partial charge in [0.1, 0.15) is 22.7 Å². The van der Waals surface area contributed by atoms with Crippen molar-refractivity contribution in [3.8, 4) is 22.3 Å². The normalized spacial score (nSPS) is 10.7. The first-order valence-corrected chi connectivity index (χ1v) is 15.3. The Morgan fingerprint density at radius 3 is 1.85 bits per heavy atom. The number of primary amides is 1. The number of urea groups is 1. The average Bonchev–Trinajstić information content (AvgIpc) is 3.61. The molecule has 0 saturated carbocycles. The lowest BCUT2D eigenvalue weighted by Crippen LogP contribution is -2.23. The highest BCUT2D eigenvalue weighted by Crippen LogP contribution is 2.55. The van der Waals surface area contributed by atoms with Crippen LogP contribution in [0.1, 0.15) is 10.4 Å². The van der Waals surface area contributed by atoms with Crippen molar-refractivity contribution in [2.24, 2.45) is 16.0 Å². The Bertz CT molecular complexity index is 1990. The maximum atomic E-state index is 13.5. The monoisotopic (exact) mass is 640 g/mol. The lowest BCUT2D eigenvalue weighted by atomic mass is 10.0. The molecule has 232 valence electrons. The van der Waals surface area contributed by atoms with Crippen molar-refractivity contribution in [3.63, 3.8) is 0 Å². The Hall–Kier alpha value is -6.46. The van der Waals surface area contributed by atoms with Crippen LogP contribution in [0.3, 0.4) is 0 Å². The number of hydrogen-bond donors (Lipinski definition) is 4. The highest BCUT2D eigenvalue weighted by Gasteiger charge is 2.32. The summed E-state index contributed by atoms with van der Waals surface area (Å²) < 4.78 is 12.8. The first-order valence-electron chi connectivity index (χ1n) is 14.4. The van der Waals surface area contributed by atoms with Crippen LogP contribution in [0.25, 0.3) is 0 Å². The van der Waals surface area contributed by atoms with E-state index < -0.39 is 11.9 Å². The molecule has 0 aliphatic heterocycles. The molecule has 0 atom stereocenters. The maximum Gasteiger partial charge on any atom is 0.323 e. The van der Waals surface area contributed by atoms with Crippen molar-refractivity contribution in [2.45, 2.75) is 0 Å². The number of amides is 3. The fourth-order valence-electron chi connectivity index (χ4n) is 4.55. The molecule has 10 nitrogen and oxygen atoms in total. The molecule has 0 unspecified atom stereocenters. The Morgan fingerprint density at radius 1 is 0.617 bits per heavy atom. The molecule has 6 aromatic rings. The van der Waals surface area contributed by atoms with E-state index in [4.69, 9.17) is 15.2 Å². The number of nitrogens with one attached hydrogen (secondary N) is 3. The number of nitrogens with two attached hydrogens (primary N) is 1. The van der Waals surface area contributed by atoms with E-state index in [1.807, 2.05) is 72.1 Å². The van der Waals surface area contributed by atoms with E-state index >= 15 is 0 Å². The molecule has 0 radical (unpaired) electrons. The largest absolute Gasteiger partial charge is 0.452 e. The lowest BCUT2D eigenvalue weighted by Gasteiger charge is -2.24. The van der Waals surface area contributed by atoms with Crippen LogP contribution in [-0.2, 0) is 0 Å². The third-order valence-corrected chi connectivity index (χ3v) is 7.37. The topological polar surface area (TPSA) is 139 Å². The van der Waals surface area contributed by atoms with Crippen molar-refractivity contribution in [3.05, 3.63) is 144 Å². The molecule has 0 spiro atoms. The van der Waals surface area contributed by atoms with Crippen LogP contribution in [0, 0.1) is 0 Å². The van der Waals surface area contributed by atoms with Gasteiger partial charge in [0.15, 0.2) is 16.6 Å². The minimum absolute atomic E-state index is 0.0378. The predicted octanol–water partition coefficient (Wildman–Crippen LogP) is 10.2. The lowest BCUT2D eigenvalue weighted by molar-refractivity contribution is 0.0998. The summed E-state index contributed by atoms with van der Waals surface area (Å²) in [7, 11) is 0. The molecule has 0 saturated heterocycles. The van der Waals surface area contributed by atoms with E-state index in [0.717, 1.165) is 0 Å². The number of nitrogens with zero attached hydrogens (tertiary/aromatic N) is 2. The summed E-state index contributed by atoms with van der Waals surface area (Å²) in [6.07, 6.45) is 0.